The summed E-state index contributed by atoms with van der Waals surface area (Å²) in [6.07, 6.45) is 3.85. The first kappa shape index (κ1) is 17.5. The topological polar surface area (TPSA) is 61.5 Å². The number of carbonyl (C=O) groups excluding carboxylic acids is 1. The first-order chi connectivity index (χ1) is 12.0. The van der Waals surface area contributed by atoms with Gasteiger partial charge in [0.2, 0.25) is 5.91 Å². The number of nitrogens with zero attached hydrogens (tertiary/aromatic N) is 3. The van der Waals surface area contributed by atoms with E-state index in [0.717, 1.165) is 24.5 Å². The highest BCUT2D eigenvalue weighted by Gasteiger charge is 2.28. The normalized spacial score (nSPS) is 18.6. The first-order valence-electron chi connectivity index (χ1n) is 8.75. The molecule has 25 heavy (non-hydrogen) atoms. The fourth-order valence-corrected chi connectivity index (χ4v) is 3.16. The number of aromatic nitrogens is 2. The molecule has 1 aliphatic heterocycles. The highest BCUT2D eigenvalue weighted by Crippen LogP contribution is 2.26. The molecule has 1 fully saturated rings. The summed E-state index contributed by atoms with van der Waals surface area (Å²) < 4.78 is 5.71. The van der Waals surface area contributed by atoms with Crippen LogP contribution in [0.5, 0.6) is 5.75 Å². The van der Waals surface area contributed by atoms with Crippen LogP contribution < -0.4 is 4.74 Å². The molecule has 1 aliphatic rings. The Morgan fingerprint density at radius 2 is 2.08 bits per heavy atom. The van der Waals surface area contributed by atoms with Gasteiger partial charge in [0.15, 0.2) is 0 Å². The van der Waals surface area contributed by atoms with Crippen molar-refractivity contribution >= 4 is 5.91 Å². The number of ether oxygens (including phenoxy) is 1. The van der Waals surface area contributed by atoms with Gasteiger partial charge in [0.1, 0.15) is 5.75 Å². The number of hydrogen-bond donors (Lipinski definition) is 1. The minimum atomic E-state index is 0.141. The molecular weight excluding hydrogens is 316 g/mol. The third kappa shape index (κ3) is 4.39. The maximum atomic E-state index is 12.6. The molecule has 1 aromatic carbocycles. The van der Waals surface area contributed by atoms with Crippen LogP contribution in [0.1, 0.15) is 31.1 Å². The van der Waals surface area contributed by atoms with E-state index in [0.29, 0.717) is 13.0 Å². The Bertz CT molecular complexity index is 682. The van der Waals surface area contributed by atoms with E-state index >= 15 is 0 Å². The van der Waals surface area contributed by atoms with E-state index < -0.39 is 0 Å². The Kier molecular flexibility index (Phi) is 5.38. The third-order valence-electron chi connectivity index (χ3n) is 4.53. The molecular formula is C19H26N4O2. The Labute approximate surface area is 148 Å². The van der Waals surface area contributed by atoms with Gasteiger partial charge in [-0.25, -0.2) is 4.98 Å². The van der Waals surface area contributed by atoms with Gasteiger partial charge in [0.05, 0.1) is 24.9 Å². The molecule has 2 aromatic rings. The number of likely N-dealkylation sites (N-methyl/N-ethyl adjacent to an activating group) is 1. The van der Waals surface area contributed by atoms with Crippen LogP contribution in [-0.2, 0) is 11.2 Å². The lowest BCUT2D eigenvalue weighted by Crippen LogP contribution is -2.49. The first-order valence-corrected chi connectivity index (χ1v) is 8.75. The van der Waals surface area contributed by atoms with Crippen LogP contribution in [0.4, 0.5) is 0 Å². The molecule has 1 aromatic heterocycles. The molecule has 0 bridgehead atoms. The van der Waals surface area contributed by atoms with Gasteiger partial charge in [0, 0.05) is 31.5 Å². The molecule has 0 unspecified atom stereocenters. The number of carbonyl (C=O) groups is 1. The Morgan fingerprint density at radius 3 is 2.72 bits per heavy atom. The predicted molar refractivity (Wildman–Crippen MR) is 96.4 cm³/mol. The maximum absolute atomic E-state index is 12.6. The monoisotopic (exact) mass is 342 g/mol. The Hall–Kier alpha value is -2.34. The molecule has 1 atom stereocenters. The highest BCUT2D eigenvalue weighted by atomic mass is 16.5. The highest BCUT2D eigenvalue weighted by molar-refractivity contribution is 5.78. The molecule has 1 saturated heterocycles. The second kappa shape index (κ2) is 7.70. The van der Waals surface area contributed by atoms with Crippen molar-refractivity contribution in [3.63, 3.8) is 0 Å². The molecule has 6 nitrogen and oxygen atoms in total. The van der Waals surface area contributed by atoms with Crippen LogP contribution in [0, 0.1) is 0 Å². The second-order valence-electron chi connectivity index (χ2n) is 6.83. The van der Waals surface area contributed by atoms with Crippen molar-refractivity contribution < 1.29 is 9.53 Å². The quantitative estimate of drug-likeness (QED) is 0.905. The van der Waals surface area contributed by atoms with Crippen LogP contribution in [0.2, 0.25) is 0 Å². The standard InChI is InChI=1S/C19H26N4O2/c1-14(2)25-17-6-4-15(5-7-17)18-12-23(9-8-22(18)3)19(24)10-16-11-20-13-21-16/h4-7,11,13-14,18H,8-10,12H2,1-3H3,(H,20,21)/t18-/m1/s1. The molecule has 0 radical (unpaired) electrons. The van der Waals surface area contributed by atoms with Gasteiger partial charge in [-0.1, -0.05) is 12.1 Å². The molecule has 6 heteroatoms. The zero-order valence-corrected chi connectivity index (χ0v) is 15.1. The summed E-state index contributed by atoms with van der Waals surface area (Å²) in [6, 6.07) is 8.42. The minimum absolute atomic E-state index is 0.141. The molecule has 0 spiro atoms. The largest absolute Gasteiger partial charge is 0.491 e. The summed E-state index contributed by atoms with van der Waals surface area (Å²) in [4.78, 5) is 23.8. The van der Waals surface area contributed by atoms with Gasteiger partial charge in [-0.15, -0.1) is 0 Å². The minimum Gasteiger partial charge on any atom is -0.491 e. The van der Waals surface area contributed by atoms with E-state index in [2.05, 4.69) is 34.0 Å². The fourth-order valence-electron chi connectivity index (χ4n) is 3.16. The van der Waals surface area contributed by atoms with Crippen LogP contribution in [-0.4, -0.2) is 58.5 Å². The number of benzene rings is 1. The average molecular weight is 342 g/mol. The number of imidazole rings is 1. The second-order valence-corrected chi connectivity index (χ2v) is 6.83. The third-order valence-corrected chi connectivity index (χ3v) is 4.53. The zero-order chi connectivity index (χ0) is 17.8. The lowest BCUT2D eigenvalue weighted by molar-refractivity contribution is -0.133. The summed E-state index contributed by atoms with van der Waals surface area (Å²) in [5.74, 6) is 1.02. The van der Waals surface area contributed by atoms with Crippen molar-refractivity contribution in [2.45, 2.75) is 32.4 Å². The van der Waals surface area contributed by atoms with Crippen molar-refractivity contribution in [1.29, 1.82) is 0 Å². The summed E-state index contributed by atoms with van der Waals surface area (Å²) in [6.45, 7) is 6.37. The van der Waals surface area contributed by atoms with Crippen molar-refractivity contribution in [3.8, 4) is 5.75 Å². The van der Waals surface area contributed by atoms with Gasteiger partial charge >= 0.3 is 0 Å². The number of H-pyrrole nitrogens is 1. The molecule has 3 rings (SSSR count). The number of rotatable bonds is 5. The van der Waals surface area contributed by atoms with E-state index in [4.69, 9.17) is 4.74 Å². The number of amides is 1. The Morgan fingerprint density at radius 1 is 1.32 bits per heavy atom. The number of nitrogens with one attached hydrogen (secondary N) is 1. The van der Waals surface area contributed by atoms with Crippen molar-refractivity contribution in [2.24, 2.45) is 0 Å². The van der Waals surface area contributed by atoms with E-state index in [9.17, 15) is 4.79 Å². The lowest BCUT2D eigenvalue weighted by atomic mass is 10.0. The van der Waals surface area contributed by atoms with Gasteiger partial charge < -0.3 is 14.6 Å². The van der Waals surface area contributed by atoms with E-state index in [-0.39, 0.29) is 18.1 Å². The lowest BCUT2D eigenvalue weighted by Gasteiger charge is -2.39. The average Bonchev–Trinajstić information content (AvgIpc) is 3.08. The maximum Gasteiger partial charge on any atom is 0.228 e. The number of hydrogen-bond acceptors (Lipinski definition) is 4. The number of aromatic amines is 1. The molecule has 2 heterocycles. The van der Waals surface area contributed by atoms with Crippen LogP contribution >= 0.6 is 0 Å². The molecule has 0 saturated carbocycles. The van der Waals surface area contributed by atoms with Gasteiger partial charge in [-0.05, 0) is 38.6 Å². The van der Waals surface area contributed by atoms with Crippen LogP contribution in [0.15, 0.2) is 36.8 Å². The predicted octanol–water partition coefficient (Wildman–Crippen LogP) is 2.25. The zero-order valence-electron chi connectivity index (χ0n) is 15.1. The van der Waals surface area contributed by atoms with Crippen molar-refractivity contribution in [1.82, 2.24) is 19.8 Å². The van der Waals surface area contributed by atoms with Gasteiger partial charge in [-0.2, -0.15) is 0 Å². The summed E-state index contributed by atoms with van der Waals surface area (Å²) in [5.41, 5.74) is 2.06. The van der Waals surface area contributed by atoms with E-state index in [1.165, 1.54) is 5.56 Å². The molecule has 134 valence electrons. The molecule has 1 N–H and O–H groups in total. The van der Waals surface area contributed by atoms with E-state index in [1.54, 1.807) is 12.5 Å². The van der Waals surface area contributed by atoms with Crippen molar-refractivity contribution in [2.75, 3.05) is 26.7 Å². The van der Waals surface area contributed by atoms with E-state index in [1.807, 2.05) is 30.9 Å². The SMILES string of the molecule is CC(C)Oc1ccc([C@H]2CN(C(=O)Cc3cnc[nH]3)CCN2C)cc1. The van der Waals surface area contributed by atoms with Crippen molar-refractivity contribution in [3.05, 3.63) is 48.0 Å². The van der Waals surface area contributed by atoms with Crippen LogP contribution in [0.3, 0.4) is 0 Å². The fraction of sp³-hybridized carbons (Fsp3) is 0.474. The molecule has 0 aliphatic carbocycles. The Balaban J connectivity index is 1.67. The summed E-state index contributed by atoms with van der Waals surface area (Å²) >= 11 is 0. The molecule has 1 amide bonds. The van der Waals surface area contributed by atoms with Gasteiger partial charge in [-0.3, -0.25) is 9.69 Å². The smallest absolute Gasteiger partial charge is 0.228 e. The number of piperazine rings is 1. The van der Waals surface area contributed by atoms with Crippen LogP contribution in [0.25, 0.3) is 0 Å². The van der Waals surface area contributed by atoms with Gasteiger partial charge in [0.25, 0.3) is 0 Å². The summed E-state index contributed by atoms with van der Waals surface area (Å²) in [5, 5.41) is 0. The summed E-state index contributed by atoms with van der Waals surface area (Å²) in [7, 11) is 2.11.